The van der Waals surface area contributed by atoms with E-state index in [0.717, 1.165) is 34.2 Å². The molecule has 0 saturated carbocycles. The highest BCUT2D eigenvalue weighted by molar-refractivity contribution is 7.98. The number of aromatic nitrogens is 2. The minimum Gasteiger partial charge on any atom is -0.494 e. The van der Waals surface area contributed by atoms with Gasteiger partial charge in [0, 0.05) is 29.8 Å². The maximum atomic E-state index is 12.8. The van der Waals surface area contributed by atoms with Crippen molar-refractivity contribution < 1.29 is 9.47 Å². The van der Waals surface area contributed by atoms with Crippen molar-refractivity contribution in [3.05, 3.63) is 57.9 Å². The first kappa shape index (κ1) is 18.9. The van der Waals surface area contributed by atoms with Crippen LogP contribution in [0.25, 0.3) is 10.9 Å². The lowest BCUT2D eigenvalue weighted by molar-refractivity contribution is 0.254. The van der Waals surface area contributed by atoms with E-state index in [4.69, 9.17) is 14.5 Å². The van der Waals surface area contributed by atoms with E-state index in [1.54, 1.807) is 16.3 Å². The molecule has 4 rings (SSSR count). The number of benzene rings is 2. The molecule has 0 saturated heterocycles. The van der Waals surface area contributed by atoms with E-state index in [0.29, 0.717) is 24.3 Å². The standard InChI is InChI=1S/C22H24N2O3S/c1-4-24-21(25)17-8-6-7-9-18(17)23-22(24)28-13-16-12-20-15(10-14(3)27-20)11-19(16)26-5-2/h6-9,11-12,14H,4-5,10,13H2,1-3H3. The summed E-state index contributed by atoms with van der Waals surface area (Å²) in [5.74, 6) is 2.48. The maximum Gasteiger partial charge on any atom is 0.262 e. The molecule has 0 radical (unpaired) electrons. The summed E-state index contributed by atoms with van der Waals surface area (Å²) in [6, 6.07) is 11.7. The molecular weight excluding hydrogens is 372 g/mol. The Bertz CT molecular complexity index is 1080. The molecule has 1 aliphatic heterocycles. The van der Waals surface area contributed by atoms with E-state index >= 15 is 0 Å². The van der Waals surface area contributed by atoms with Gasteiger partial charge in [0.05, 0.1) is 17.5 Å². The Labute approximate surface area is 168 Å². The molecule has 1 aliphatic rings. The van der Waals surface area contributed by atoms with Crippen molar-refractivity contribution in [2.24, 2.45) is 0 Å². The molecule has 5 nitrogen and oxygen atoms in total. The van der Waals surface area contributed by atoms with Gasteiger partial charge in [-0.1, -0.05) is 23.9 Å². The molecule has 0 aliphatic carbocycles. The zero-order chi connectivity index (χ0) is 19.7. The maximum absolute atomic E-state index is 12.8. The molecule has 1 aromatic heterocycles. The van der Waals surface area contributed by atoms with Crippen molar-refractivity contribution in [2.75, 3.05) is 6.61 Å². The molecule has 0 N–H and O–H groups in total. The third-order valence-electron chi connectivity index (χ3n) is 4.88. The first-order valence-corrected chi connectivity index (χ1v) is 10.7. The second-order valence-corrected chi connectivity index (χ2v) is 7.83. The number of hydrogen-bond donors (Lipinski definition) is 0. The molecule has 2 aromatic carbocycles. The average molecular weight is 397 g/mol. The van der Waals surface area contributed by atoms with Gasteiger partial charge in [-0.15, -0.1) is 0 Å². The second kappa shape index (κ2) is 7.87. The molecule has 3 aromatic rings. The SMILES string of the molecule is CCOc1cc2c(cc1CSc1nc3ccccc3c(=O)n1CC)OC(C)C2. The van der Waals surface area contributed by atoms with Gasteiger partial charge in [0.25, 0.3) is 5.56 Å². The zero-order valence-corrected chi connectivity index (χ0v) is 17.2. The second-order valence-electron chi connectivity index (χ2n) is 6.88. The summed E-state index contributed by atoms with van der Waals surface area (Å²) in [6.07, 6.45) is 1.10. The Kier molecular flexibility index (Phi) is 5.31. The Morgan fingerprint density at radius 3 is 2.89 bits per heavy atom. The van der Waals surface area contributed by atoms with Gasteiger partial charge in [0.1, 0.15) is 17.6 Å². The van der Waals surface area contributed by atoms with Gasteiger partial charge in [0.15, 0.2) is 5.16 Å². The van der Waals surface area contributed by atoms with Crippen LogP contribution in [0.4, 0.5) is 0 Å². The van der Waals surface area contributed by atoms with Crippen molar-refractivity contribution in [3.63, 3.8) is 0 Å². The van der Waals surface area contributed by atoms with Crippen LogP contribution in [-0.2, 0) is 18.7 Å². The predicted molar refractivity (Wildman–Crippen MR) is 113 cm³/mol. The molecule has 28 heavy (non-hydrogen) atoms. The number of ether oxygens (including phenoxy) is 2. The van der Waals surface area contributed by atoms with Gasteiger partial charge in [-0.3, -0.25) is 9.36 Å². The average Bonchev–Trinajstić information content (AvgIpc) is 3.05. The van der Waals surface area contributed by atoms with Gasteiger partial charge in [-0.05, 0) is 45.0 Å². The lowest BCUT2D eigenvalue weighted by atomic mass is 10.1. The molecular formula is C22H24N2O3S. The van der Waals surface area contributed by atoms with Crippen molar-refractivity contribution in [2.45, 2.75) is 50.8 Å². The lowest BCUT2D eigenvalue weighted by Gasteiger charge is -2.14. The van der Waals surface area contributed by atoms with Crippen LogP contribution in [0.3, 0.4) is 0 Å². The molecule has 1 unspecified atom stereocenters. The molecule has 0 bridgehead atoms. The highest BCUT2D eigenvalue weighted by Gasteiger charge is 2.22. The van der Waals surface area contributed by atoms with Gasteiger partial charge < -0.3 is 9.47 Å². The number of hydrogen-bond acceptors (Lipinski definition) is 5. The fourth-order valence-electron chi connectivity index (χ4n) is 3.56. The summed E-state index contributed by atoms with van der Waals surface area (Å²) < 4.78 is 13.5. The molecule has 0 amide bonds. The molecule has 146 valence electrons. The molecule has 1 atom stereocenters. The van der Waals surface area contributed by atoms with Crippen LogP contribution in [-0.4, -0.2) is 22.3 Å². The van der Waals surface area contributed by atoms with Crippen LogP contribution in [0.15, 0.2) is 46.3 Å². The minimum absolute atomic E-state index is 0.00624. The number of nitrogens with zero attached hydrogens (tertiary/aromatic N) is 2. The normalized spacial score (nSPS) is 15.5. The van der Waals surface area contributed by atoms with Crippen LogP contribution in [0.5, 0.6) is 11.5 Å². The zero-order valence-electron chi connectivity index (χ0n) is 16.4. The minimum atomic E-state index is 0.00624. The Balaban J connectivity index is 1.68. The summed E-state index contributed by atoms with van der Waals surface area (Å²) in [5, 5.41) is 1.38. The van der Waals surface area contributed by atoms with E-state index in [1.807, 2.05) is 38.1 Å². The van der Waals surface area contributed by atoms with Gasteiger partial charge in [-0.2, -0.15) is 0 Å². The van der Waals surface area contributed by atoms with Crippen molar-refractivity contribution >= 4 is 22.7 Å². The fraction of sp³-hybridized carbons (Fsp3) is 0.364. The quantitative estimate of drug-likeness (QED) is 0.456. The Hall–Kier alpha value is -2.47. The van der Waals surface area contributed by atoms with E-state index in [9.17, 15) is 4.79 Å². The first-order chi connectivity index (χ1) is 13.6. The van der Waals surface area contributed by atoms with Crippen LogP contribution < -0.4 is 15.0 Å². The summed E-state index contributed by atoms with van der Waals surface area (Å²) in [7, 11) is 0. The summed E-state index contributed by atoms with van der Waals surface area (Å²) in [4.78, 5) is 17.6. The smallest absolute Gasteiger partial charge is 0.262 e. The van der Waals surface area contributed by atoms with Gasteiger partial charge >= 0.3 is 0 Å². The van der Waals surface area contributed by atoms with Crippen LogP contribution in [0.1, 0.15) is 31.9 Å². The molecule has 0 fully saturated rings. The monoisotopic (exact) mass is 396 g/mol. The van der Waals surface area contributed by atoms with Crippen molar-refractivity contribution in [3.8, 4) is 11.5 Å². The predicted octanol–water partition coefficient (Wildman–Crippen LogP) is 4.43. The number of para-hydroxylation sites is 1. The van der Waals surface area contributed by atoms with Gasteiger partial charge in [-0.25, -0.2) is 4.98 Å². The first-order valence-electron chi connectivity index (χ1n) is 9.68. The summed E-state index contributed by atoms with van der Waals surface area (Å²) >= 11 is 1.56. The summed E-state index contributed by atoms with van der Waals surface area (Å²) in [6.45, 7) is 7.23. The molecule has 2 heterocycles. The van der Waals surface area contributed by atoms with Crippen LogP contribution in [0, 0.1) is 0 Å². The highest BCUT2D eigenvalue weighted by Crippen LogP contribution is 2.37. The molecule has 6 heteroatoms. The van der Waals surface area contributed by atoms with Crippen molar-refractivity contribution in [1.29, 1.82) is 0 Å². The van der Waals surface area contributed by atoms with E-state index in [1.165, 1.54) is 5.56 Å². The topological polar surface area (TPSA) is 53.3 Å². The molecule has 0 spiro atoms. The third-order valence-corrected chi connectivity index (χ3v) is 5.90. The number of rotatable bonds is 6. The largest absolute Gasteiger partial charge is 0.494 e. The third kappa shape index (κ3) is 3.49. The van der Waals surface area contributed by atoms with E-state index < -0.39 is 0 Å². The number of fused-ring (bicyclic) bond motifs is 2. The highest BCUT2D eigenvalue weighted by atomic mass is 32.2. The lowest BCUT2D eigenvalue weighted by Crippen LogP contribution is -2.22. The van der Waals surface area contributed by atoms with Crippen LogP contribution in [0.2, 0.25) is 0 Å². The van der Waals surface area contributed by atoms with Crippen LogP contribution >= 0.6 is 11.8 Å². The van der Waals surface area contributed by atoms with E-state index in [2.05, 4.69) is 19.1 Å². The summed E-state index contributed by atoms with van der Waals surface area (Å²) in [5.41, 5.74) is 2.99. The fourth-order valence-corrected chi connectivity index (χ4v) is 4.60. The Morgan fingerprint density at radius 1 is 1.29 bits per heavy atom. The van der Waals surface area contributed by atoms with Crippen molar-refractivity contribution in [1.82, 2.24) is 9.55 Å². The Morgan fingerprint density at radius 2 is 2.11 bits per heavy atom. The van der Waals surface area contributed by atoms with E-state index in [-0.39, 0.29) is 11.7 Å². The number of thioether (sulfide) groups is 1. The van der Waals surface area contributed by atoms with Gasteiger partial charge in [0.2, 0.25) is 0 Å².